The van der Waals surface area contributed by atoms with E-state index in [1.807, 2.05) is 0 Å². The van der Waals surface area contributed by atoms with Crippen LogP contribution in [0.5, 0.6) is 0 Å². The van der Waals surface area contributed by atoms with Crippen LogP contribution < -0.4 is 5.32 Å². The first-order chi connectivity index (χ1) is 7.61. The summed E-state index contributed by atoms with van der Waals surface area (Å²) < 4.78 is 7.95. The number of rotatable bonds is 7. The van der Waals surface area contributed by atoms with E-state index in [9.17, 15) is 0 Å². The van der Waals surface area contributed by atoms with Crippen LogP contribution in [0.3, 0.4) is 0 Å². The summed E-state index contributed by atoms with van der Waals surface area (Å²) in [6.45, 7) is 6.44. The molecule has 0 aliphatic carbocycles. The van der Waals surface area contributed by atoms with Crippen molar-refractivity contribution < 1.29 is 0 Å². The molecule has 1 rings (SSSR count). The van der Waals surface area contributed by atoms with Crippen LogP contribution in [0, 0.1) is 0 Å². The number of nitrogens with one attached hydrogen (secondary N) is 1. The molecular formula is C10H19ClN4S. The second-order valence-electron chi connectivity index (χ2n) is 4.11. The van der Waals surface area contributed by atoms with E-state index >= 15 is 0 Å². The largest absolute Gasteiger partial charge is 0.367 e. The third-order valence-electron chi connectivity index (χ3n) is 2.56. The van der Waals surface area contributed by atoms with E-state index in [4.69, 9.17) is 11.6 Å². The molecule has 0 spiro atoms. The molecule has 0 atom stereocenters. The maximum absolute atomic E-state index is 5.81. The highest BCUT2D eigenvalue weighted by atomic mass is 35.5. The second kappa shape index (κ2) is 7.04. The normalized spacial score (nSPS) is 11.4. The molecule has 0 fully saturated rings. The molecule has 0 saturated heterocycles. The van der Waals surface area contributed by atoms with Crippen molar-refractivity contribution in [3.63, 3.8) is 0 Å². The SMILES string of the molecule is CC(C)N(C)CCCCNc1nsnc1Cl. The van der Waals surface area contributed by atoms with Gasteiger partial charge in [-0.05, 0) is 40.3 Å². The minimum absolute atomic E-state index is 0.476. The van der Waals surface area contributed by atoms with Gasteiger partial charge in [0.05, 0.1) is 11.7 Å². The van der Waals surface area contributed by atoms with E-state index in [1.54, 1.807) is 0 Å². The lowest BCUT2D eigenvalue weighted by atomic mass is 10.2. The Balaban J connectivity index is 2.07. The topological polar surface area (TPSA) is 41.0 Å². The van der Waals surface area contributed by atoms with E-state index in [2.05, 4.69) is 39.9 Å². The zero-order valence-electron chi connectivity index (χ0n) is 10.0. The van der Waals surface area contributed by atoms with Crippen molar-refractivity contribution in [3.05, 3.63) is 5.15 Å². The number of aromatic nitrogens is 2. The van der Waals surface area contributed by atoms with Crippen molar-refractivity contribution >= 4 is 29.1 Å². The molecule has 0 bridgehead atoms. The summed E-state index contributed by atoms with van der Waals surface area (Å²) in [6.07, 6.45) is 2.29. The zero-order chi connectivity index (χ0) is 12.0. The van der Waals surface area contributed by atoms with Crippen molar-refractivity contribution in [3.8, 4) is 0 Å². The number of hydrogen-bond donors (Lipinski definition) is 1. The summed E-state index contributed by atoms with van der Waals surface area (Å²) in [4.78, 5) is 2.34. The lowest BCUT2D eigenvalue weighted by molar-refractivity contribution is 0.269. The fraction of sp³-hybridized carbons (Fsp3) is 0.800. The summed E-state index contributed by atoms with van der Waals surface area (Å²) in [5.41, 5.74) is 0. The standard InChI is InChI=1S/C10H19ClN4S/c1-8(2)15(3)7-5-4-6-12-10-9(11)13-16-14-10/h8H,4-7H2,1-3H3,(H,12,14). The molecule has 1 aromatic rings. The number of anilines is 1. The number of hydrogen-bond acceptors (Lipinski definition) is 5. The zero-order valence-corrected chi connectivity index (χ0v) is 11.6. The van der Waals surface area contributed by atoms with Gasteiger partial charge < -0.3 is 10.2 Å². The fourth-order valence-electron chi connectivity index (χ4n) is 1.23. The lowest BCUT2D eigenvalue weighted by Gasteiger charge is -2.20. The Hall–Kier alpha value is -0.390. The van der Waals surface area contributed by atoms with Crippen LogP contribution in [0.1, 0.15) is 26.7 Å². The van der Waals surface area contributed by atoms with Gasteiger partial charge in [-0.3, -0.25) is 0 Å². The summed E-state index contributed by atoms with van der Waals surface area (Å²) >= 11 is 6.95. The van der Waals surface area contributed by atoms with E-state index in [1.165, 1.54) is 6.42 Å². The van der Waals surface area contributed by atoms with Crippen LogP contribution in [-0.2, 0) is 0 Å². The van der Waals surface area contributed by atoms with Gasteiger partial charge in [0.2, 0.25) is 0 Å². The first-order valence-corrected chi connectivity index (χ1v) is 6.64. The molecule has 1 N–H and O–H groups in total. The van der Waals surface area contributed by atoms with Gasteiger partial charge in [0.25, 0.3) is 0 Å². The molecule has 4 nitrogen and oxygen atoms in total. The maximum Gasteiger partial charge on any atom is 0.186 e. The molecule has 0 radical (unpaired) electrons. The molecule has 0 aromatic carbocycles. The van der Waals surface area contributed by atoms with Crippen molar-refractivity contribution in [2.45, 2.75) is 32.7 Å². The molecule has 1 aromatic heterocycles. The third-order valence-corrected chi connectivity index (χ3v) is 3.45. The molecule has 92 valence electrons. The van der Waals surface area contributed by atoms with E-state index in [-0.39, 0.29) is 0 Å². The minimum atomic E-state index is 0.476. The number of unbranched alkanes of at least 4 members (excludes halogenated alkanes) is 1. The Morgan fingerprint density at radius 2 is 2.12 bits per heavy atom. The highest BCUT2D eigenvalue weighted by Crippen LogP contribution is 2.17. The van der Waals surface area contributed by atoms with Crippen molar-refractivity contribution in [1.82, 2.24) is 13.6 Å². The summed E-state index contributed by atoms with van der Waals surface area (Å²) in [5, 5.41) is 3.66. The number of nitrogens with zero attached hydrogens (tertiary/aromatic N) is 3. The van der Waals surface area contributed by atoms with Crippen molar-refractivity contribution in [1.29, 1.82) is 0 Å². The molecule has 0 amide bonds. The van der Waals surface area contributed by atoms with Gasteiger partial charge in [0.15, 0.2) is 11.0 Å². The predicted molar refractivity (Wildman–Crippen MR) is 70.4 cm³/mol. The van der Waals surface area contributed by atoms with E-state index in [0.717, 1.165) is 31.2 Å². The van der Waals surface area contributed by atoms with Crippen LogP contribution in [0.15, 0.2) is 0 Å². The molecule has 0 saturated carbocycles. The van der Waals surface area contributed by atoms with Gasteiger partial charge in [-0.2, -0.15) is 8.75 Å². The van der Waals surface area contributed by atoms with Crippen LogP contribution in [0.25, 0.3) is 0 Å². The third kappa shape index (κ3) is 4.63. The highest BCUT2D eigenvalue weighted by molar-refractivity contribution is 6.99. The van der Waals surface area contributed by atoms with Crippen molar-refractivity contribution in [2.75, 3.05) is 25.5 Å². The average molecular weight is 263 g/mol. The van der Waals surface area contributed by atoms with E-state index < -0.39 is 0 Å². The maximum atomic E-state index is 5.81. The Labute approximate surface area is 106 Å². The van der Waals surface area contributed by atoms with Crippen LogP contribution in [0.2, 0.25) is 5.15 Å². The predicted octanol–water partition coefficient (Wildman–Crippen LogP) is 2.72. The minimum Gasteiger partial charge on any atom is -0.367 e. The highest BCUT2D eigenvalue weighted by Gasteiger charge is 2.04. The van der Waals surface area contributed by atoms with Crippen LogP contribution in [-0.4, -0.2) is 39.8 Å². The van der Waals surface area contributed by atoms with Crippen LogP contribution in [0.4, 0.5) is 5.82 Å². The molecular weight excluding hydrogens is 244 g/mol. The Morgan fingerprint density at radius 1 is 1.38 bits per heavy atom. The Kier molecular flexibility index (Phi) is 6.01. The summed E-state index contributed by atoms with van der Waals surface area (Å²) in [5.74, 6) is 0.712. The lowest BCUT2D eigenvalue weighted by Crippen LogP contribution is -2.27. The van der Waals surface area contributed by atoms with Gasteiger partial charge in [-0.25, -0.2) is 0 Å². The van der Waals surface area contributed by atoms with Gasteiger partial charge in [0.1, 0.15) is 0 Å². The molecule has 0 aliphatic heterocycles. The average Bonchev–Trinajstić information content (AvgIpc) is 2.63. The molecule has 6 heteroatoms. The second-order valence-corrected chi connectivity index (χ2v) is 5.00. The molecule has 1 heterocycles. The van der Waals surface area contributed by atoms with E-state index in [0.29, 0.717) is 17.0 Å². The monoisotopic (exact) mass is 262 g/mol. The quantitative estimate of drug-likeness (QED) is 0.768. The van der Waals surface area contributed by atoms with Gasteiger partial charge in [-0.1, -0.05) is 11.6 Å². The Bertz CT molecular complexity index is 303. The smallest absolute Gasteiger partial charge is 0.186 e. The fourth-order valence-corrected chi connectivity index (χ4v) is 1.92. The Morgan fingerprint density at radius 3 is 2.69 bits per heavy atom. The summed E-state index contributed by atoms with van der Waals surface area (Å²) in [7, 11) is 2.15. The number of halogens is 1. The molecule has 0 unspecified atom stereocenters. The summed E-state index contributed by atoms with van der Waals surface area (Å²) in [6, 6.07) is 0.616. The van der Waals surface area contributed by atoms with Crippen molar-refractivity contribution in [2.24, 2.45) is 0 Å². The first kappa shape index (κ1) is 13.7. The van der Waals surface area contributed by atoms with Crippen LogP contribution >= 0.6 is 23.3 Å². The van der Waals surface area contributed by atoms with Gasteiger partial charge >= 0.3 is 0 Å². The first-order valence-electron chi connectivity index (χ1n) is 5.53. The van der Waals surface area contributed by atoms with Gasteiger partial charge in [-0.15, -0.1) is 0 Å². The molecule has 16 heavy (non-hydrogen) atoms. The van der Waals surface area contributed by atoms with Gasteiger partial charge in [0, 0.05) is 12.6 Å². The molecule has 0 aliphatic rings.